The van der Waals surface area contributed by atoms with E-state index in [1.165, 1.54) is 32.1 Å². The van der Waals surface area contributed by atoms with Crippen LogP contribution in [0, 0.1) is 0 Å². The number of hydrazone groups is 1. The predicted octanol–water partition coefficient (Wildman–Crippen LogP) is 3.12. The van der Waals surface area contributed by atoms with Crippen LogP contribution in [-0.2, 0) is 0 Å². The van der Waals surface area contributed by atoms with Crippen molar-refractivity contribution >= 4 is 40.0 Å². The van der Waals surface area contributed by atoms with E-state index in [9.17, 15) is 0 Å². The summed E-state index contributed by atoms with van der Waals surface area (Å²) in [4.78, 5) is 7.68. The predicted molar refractivity (Wildman–Crippen MR) is 99.0 cm³/mol. The number of hydrogen-bond acceptors (Lipinski definition) is 5. The average Bonchev–Trinajstić information content (AvgIpc) is 2.98. The largest absolute Gasteiger partial charge is 0.359 e. The van der Waals surface area contributed by atoms with Gasteiger partial charge in [0.1, 0.15) is 0 Å². The molecule has 1 aromatic heterocycles. The summed E-state index contributed by atoms with van der Waals surface area (Å²) in [5.74, 6) is 0. The van der Waals surface area contributed by atoms with Gasteiger partial charge in [0, 0.05) is 25.3 Å². The lowest BCUT2D eigenvalue weighted by molar-refractivity contribution is 0.412. The van der Waals surface area contributed by atoms with Gasteiger partial charge in [-0.05, 0) is 38.9 Å². The molecule has 0 bridgehead atoms. The first-order valence-corrected chi connectivity index (χ1v) is 9.25. The van der Waals surface area contributed by atoms with E-state index in [-0.39, 0.29) is 0 Å². The Kier molecular flexibility index (Phi) is 7.05. The minimum atomic E-state index is 0.502. The summed E-state index contributed by atoms with van der Waals surface area (Å²) in [6, 6.07) is 0.502. The third kappa shape index (κ3) is 5.21. The van der Waals surface area contributed by atoms with E-state index in [2.05, 4.69) is 39.6 Å². The summed E-state index contributed by atoms with van der Waals surface area (Å²) in [5, 5.41) is 9.18. The molecule has 7 heteroatoms. The van der Waals surface area contributed by atoms with E-state index in [4.69, 9.17) is 12.2 Å². The van der Waals surface area contributed by atoms with Gasteiger partial charge < -0.3 is 10.2 Å². The highest BCUT2D eigenvalue weighted by molar-refractivity contribution is 7.80. The number of nitrogens with zero attached hydrogens (tertiary/aromatic N) is 3. The summed E-state index contributed by atoms with van der Waals surface area (Å²) < 4.78 is 0. The van der Waals surface area contributed by atoms with Crippen LogP contribution < -0.4 is 15.6 Å². The molecular weight excluding hydrogens is 314 g/mol. The molecule has 0 unspecified atom stereocenters. The number of anilines is 1. The van der Waals surface area contributed by atoms with E-state index in [0.717, 1.165) is 23.1 Å². The molecular formula is C15H25N5S2. The third-order valence-electron chi connectivity index (χ3n) is 3.84. The number of aromatic nitrogens is 1. The highest BCUT2D eigenvalue weighted by Crippen LogP contribution is 2.20. The maximum atomic E-state index is 5.28. The van der Waals surface area contributed by atoms with Crippen molar-refractivity contribution in [2.45, 2.75) is 52.0 Å². The van der Waals surface area contributed by atoms with Gasteiger partial charge in [-0.15, -0.1) is 0 Å². The lowest BCUT2D eigenvalue weighted by Gasteiger charge is -2.23. The van der Waals surface area contributed by atoms with Crippen molar-refractivity contribution in [1.82, 2.24) is 15.7 Å². The van der Waals surface area contributed by atoms with Crippen LogP contribution in [0.1, 0.15) is 50.8 Å². The van der Waals surface area contributed by atoms with Gasteiger partial charge >= 0.3 is 0 Å². The molecule has 0 amide bonds. The quantitative estimate of drug-likeness (QED) is 0.474. The Labute approximate surface area is 142 Å². The monoisotopic (exact) mass is 339 g/mol. The molecule has 1 aliphatic carbocycles. The summed E-state index contributed by atoms with van der Waals surface area (Å²) >= 11 is 6.92. The second kappa shape index (κ2) is 9.05. The van der Waals surface area contributed by atoms with E-state index < -0.39 is 0 Å². The van der Waals surface area contributed by atoms with Crippen molar-refractivity contribution < 1.29 is 0 Å². The van der Waals surface area contributed by atoms with E-state index in [1.54, 1.807) is 17.6 Å². The van der Waals surface area contributed by atoms with Crippen LogP contribution in [0.3, 0.4) is 0 Å². The fraction of sp³-hybridized carbons (Fsp3) is 0.667. The molecule has 0 radical (unpaired) electrons. The Morgan fingerprint density at radius 2 is 2.14 bits per heavy atom. The van der Waals surface area contributed by atoms with Crippen LogP contribution in [0.15, 0.2) is 11.3 Å². The SMILES string of the molecule is CCN(CC)c1ncc(/C=N/NC(=S)NC2CCCCC2)s1. The molecule has 122 valence electrons. The van der Waals surface area contributed by atoms with E-state index >= 15 is 0 Å². The van der Waals surface area contributed by atoms with Gasteiger partial charge in [0.25, 0.3) is 0 Å². The first-order valence-electron chi connectivity index (χ1n) is 8.03. The molecule has 1 heterocycles. The van der Waals surface area contributed by atoms with Gasteiger partial charge in [-0.2, -0.15) is 5.10 Å². The highest BCUT2D eigenvalue weighted by Gasteiger charge is 2.13. The lowest BCUT2D eigenvalue weighted by Crippen LogP contribution is -2.40. The number of hydrogen-bond donors (Lipinski definition) is 2. The molecule has 1 aliphatic rings. The molecule has 2 N–H and O–H groups in total. The molecule has 1 fully saturated rings. The second-order valence-electron chi connectivity index (χ2n) is 5.40. The third-order valence-corrected chi connectivity index (χ3v) is 5.05. The van der Waals surface area contributed by atoms with Gasteiger partial charge in [0.2, 0.25) is 0 Å². The van der Waals surface area contributed by atoms with Crippen LogP contribution in [0.4, 0.5) is 5.13 Å². The molecule has 0 aliphatic heterocycles. The first-order chi connectivity index (χ1) is 10.7. The number of nitrogens with one attached hydrogen (secondary N) is 2. The maximum Gasteiger partial charge on any atom is 0.187 e. The Balaban J connectivity index is 1.78. The number of thiocarbonyl (C=S) groups is 1. The van der Waals surface area contributed by atoms with Crippen molar-refractivity contribution in [1.29, 1.82) is 0 Å². The zero-order valence-electron chi connectivity index (χ0n) is 13.3. The fourth-order valence-electron chi connectivity index (χ4n) is 2.60. The van der Waals surface area contributed by atoms with Crippen LogP contribution in [0.5, 0.6) is 0 Å². The fourth-order valence-corrected chi connectivity index (χ4v) is 3.73. The Bertz CT molecular complexity index is 490. The Morgan fingerprint density at radius 1 is 1.41 bits per heavy atom. The van der Waals surface area contributed by atoms with Gasteiger partial charge in [-0.3, -0.25) is 5.43 Å². The second-order valence-corrected chi connectivity index (χ2v) is 6.84. The van der Waals surface area contributed by atoms with Crippen molar-refractivity contribution in [2.75, 3.05) is 18.0 Å². The van der Waals surface area contributed by atoms with Gasteiger partial charge in [-0.1, -0.05) is 30.6 Å². The van der Waals surface area contributed by atoms with Crippen LogP contribution in [0.25, 0.3) is 0 Å². The zero-order chi connectivity index (χ0) is 15.8. The van der Waals surface area contributed by atoms with E-state index in [0.29, 0.717) is 11.2 Å². The molecule has 5 nitrogen and oxygen atoms in total. The van der Waals surface area contributed by atoms with Crippen molar-refractivity contribution in [3.63, 3.8) is 0 Å². The highest BCUT2D eigenvalue weighted by atomic mass is 32.1. The van der Waals surface area contributed by atoms with Crippen LogP contribution in [0.2, 0.25) is 0 Å². The first kappa shape index (κ1) is 17.1. The lowest BCUT2D eigenvalue weighted by atomic mass is 9.96. The summed E-state index contributed by atoms with van der Waals surface area (Å²) in [6.45, 7) is 6.20. The molecule has 0 saturated heterocycles. The normalized spacial score (nSPS) is 15.9. The minimum Gasteiger partial charge on any atom is -0.359 e. The van der Waals surface area contributed by atoms with Gasteiger partial charge in [0.05, 0.1) is 11.1 Å². The molecule has 2 rings (SSSR count). The summed E-state index contributed by atoms with van der Waals surface area (Å²) in [7, 11) is 0. The van der Waals surface area contributed by atoms with Crippen LogP contribution in [-0.4, -0.2) is 35.4 Å². The minimum absolute atomic E-state index is 0.502. The van der Waals surface area contributed by atoms with Crippen molar-refractivity contribution in [2.24, 2.45) is 5.10 Å². The number of thiazole rings is 1. The number of rotatable bonds is 6. The smallest absolute Gasteiger partial charge is 0.187 e. The molecule has 22 heavy (non-hydrogen) atoms. The zero-order valence-corrected chi connectivity index (χ0v) is 15.0. The topological polar surface area (TPSA) is 52.6 Å². The van der Waals surface area contributed by atoms with Crippen molar-refractivity contribution in [3.8, 4) is 0 Å². The standard InChI is InChI=1S/C15H25N5S2/c1-3-20(4-2)15-16-10-13(22-15)11-17-19-14(21)18-12-8-6-5-7-9-12/h10-12H,3-9H2,1-2H3,(H2,18,19,21)/b17-11+. The van der Waals surface area contributed by atoms with Crippen molar-refractivity contribution in [3.05, 3.63) is 11.1 Å². The summed E-state index contributed by atoms with van der Waals surface area (Å²) in [5.41, 5.74) is 2.90. The molecule has 0 aromatic carbocycles. The summed E-state index contributed by atoms with van der Waals surface area (Å²) in [6.07, 6.45) is 9.95. The molecule has 1 aromatic rings. The Morgan fingerprint density at radius 3 is 2.82 bits per heavy atom. The Hall–Kier alpha value is -1.21. The van der Waals surface area contributed by atoms with E-state index in [1.807, 2.05) is 6.20 Å². The molecule has 0 spiro atoms. The molecule has 1 saturated carbocycles. The average molecular weight is 340 g/mol. The van der Waals surface area contributed by atoms with Gasteiger partial charge in [0.15, 0.2) is 10.2 Å². The molecule has 0 atom stereocenters. The van der Waals surface area contributed by atoms with Gasteiger partial charge in [-0.25, -0.2) is 4.98 Å². The maximum absolute atomic E-state index is 5.28. The van der Waals surface area contributed by atoms with Crippen LogP contribution >= 0.6 is 23.6 Å².